The van der Waals surface area contributed by atoms with Crippen LogP contribution in [0.15, 0.2) is 18.2 Å². The van der Waals surface area contributed by atoms with E-state index < -0.39 is 4.92 Å². The summed E-state index contributed by atoms with van der Waals surface area (Å²) in [6.45, 7) is 1.30. The monoisotopic (exact) mass is 264 g/mol. The SMILES string of the molecule is NCCCNc1ccc([N+](=O)[O-])cc1Cl.[Cl-]. The molecule has 0 bridgehead atoms. The van der Waals surface area contributed by atoms with E-state index in [0.29, 0.717) is 23.8 Å². The van der Waals surface area contributed by atoms with Gasteiger partial charge in [-0.1, -0.05) is 11.6 Å². The van der Waals surface area contributed by atoms with Gasteiger partial charge in [0.2, 0.25) is 0 Å². The zero-order valence-electron chi connectivity index (χ0n) is 8.45. The summed E-state index contributed by atoms with van der Waals surface area (Å²) in [5.41, 5.74) is 6.01. The molecule has 0 saturated heterocycles. The number of hydrogen-bond donors (Lipinski definition) is 2. The van der Waals surface area contributed by atoms with Crippen molar-refractivity contribution in [3.8, 4) is 0 Å². The van der Waals surface area contributed by atoms with Gasteiger partial charge in [0, 0.05) is 18.7 Å². The van der Waals surface area contributed by atoms with Crippen LogP contribution in [-0.4, -0.2) is 18.0 Å². The minimum Gasteiger partial charge on any atom is -1.00 e. The van der Waals surface area contributed by atoms with Crippen LogP contribution in [0.1, 0.15) is 6.42 Å². The van der Waals surface area contributed by atoms with E-state index in [-0.39, 0.29) is 18.1 Å². The third-order valence-electron chi connectivity index (χ3n) is 1.86. The Morgan fingerprint density at radius 2 is 2.19 bits per heavy atom. The third kappa shape index (κ3) is 4.22. The first-order chi connectivity index (χ1) is 7.15. The van der Waals surface area contributed by atoms with Crippen LogP contribution in [0.5, 0.6) is 0 Å². The average Bonchev–Trinajstić information content (AvgIpc) is 2.20. The highest BCUT2D eigenvalue weighted by molar-refractivity contribution is 6.33. The van der Waals surface area contributed by atoms with Crippen molar-refractivity contribution >= 4 is 23.0 Å². The molecule has 7 heteroatoms. The first-order valence-corrected chi connectivity index (χ1v) is 4.91. The maximum Gasteiger partial charge on any atom is 0.271 e. The summed E-state index contributed by atoms with van der Waals surface area (Å²) in [6, 6.07) is 4.33. The Kier molecular flexibility index (Phi) is 6.80. The van der Waals surface area contributed by atoms with E-state index >= 15 is 0 Å². The fraction of sp³-hybridized carbons (Fsp3) is 0.333. The molecule has 0 heterocycles. The van der Waals surface area contributed by atoms with Crippen LogP contribution in [0.25, 0.3) is 0 Å². The van der Waals surface area contributed by atoms with Gasteiger partial charge in [-0.2, -0.15) is 0 Å². The maximum atomic E-state index is 10.4. The van der Waals surface area contributed by atoms with Crippen LogP contribution in [0, 0.1) is 10.1 Å². The fourth-order valence-electron chi connectivity index (χ4n) is 1.09. The second kappa shape index (κ2) is 7.27. The molecule has 0 fully saturated rings. The summed E-state index contributed by atoms with van der Waals surface area (Å²) in [7, 11) is 0. The predicted molar refractivity (Wildman–Crippen MR) is 60.3 cm³/mol. The molecule has 0 radical (unpaired) electrons. The summed E-state index contributed by atoms with van der Waals surface area (Å²) < 4.78 is 0. The lowest BCUT2D eigenvalue weighted by Crippen LogP contribution is -3.00. The minimum absolute atomic E-state index is 0. The van der Waals surface area contributed by atoms with Crippen LogP contribution < -0.4 is 23.5 Å². The van der Waals surface area contributed by atoms with E-state index in [4.69, 9.17) is 17.3 Å². The van der Waals surface area contributed by atoms with Crippen molar-refractivity contribution in [2.75, 3.05) is 18.4 Å². The normalized spacial score (nSPS) is 9.38. The Bertz CT molecular complexity index is 361. The number of hydrogen-bond acceptors (Lipinski definition) is 4. The number of nitrogens with two attached hydrogens (primary N) is 1. The molecule has 0 aliphatic rings. The van der Waals surface area contributed by atoms with Gasteiger partial charge in [-0.25, -0.2) is 0 Å². The molecular weight excluding hydrogens is 253 g/mol. The molecule has 16 heavy (non-hydrogen) atoms. The topological polar surface area (TPSA) is 81.2 Å². The van der Waals surface area contributed by atoms with E-state index in [1.165, 1.54) is 12.1 Å². The van der Waals surface area contributed by atoms with Crippen molar-refractivity contribution in [3.05, 3.63) is 33.3 Å². The van der Waals surface area contributed by atoms with Gasteiger partial charge in [0.15, 0.2) is 0 Å². The fourth-order valence-corrected chi connectivity index (χ4v) is 1.33. The zero-order chi connectivity index (χ0) is 11.3. The molecule has 1 aromatic carbocycles. The standard InChI is InChI=1S/C9H12ClN3O2.ClH/c10-8-6-7(13(14)15)2-3-9(8)12-5-1-4-11;/h2-3,6,12H,1,4-5,11H2;1H/p-1. The van der Waals surface area contributed by atoms with Gasteiger partial charge in [-0.3, -0.25) is 10.1 Å². The molecule has 90 valence electrons. The number of non-ortho nitro benzene ring substituents is 1. The number of nitrogens with one attached hydrogen (secondary N) is 1. The number of anilines is 1. The molecule has 0 saturated carbocycles. The molecule has 0 aromatic heterocycles. The van der Waals surface area contributed by atoms with Gasteiger partial charge in [-0.15, -0.1) is 0 Å². The zero-order valence-corrected chi connectivity index (χ0v) is 9.96. The van der Waals surface area contributed by atoms with Crippen molar-refractivity contribution in [1.82, 2.24) is 0 Å². The van der Waals surface area contributed by atoms with Gasteiger partial charge in [0.25, 0.3) is 5.69 Å². The lowest BCUT2D eigenvalue weighted by atomic mass is 10.2. The van der Waals surface area contributed by atoms with Crippen molar-refractivity contribution in [1.29, 1.82) is 0 Å². The van der Waals surface area contributed by atoms with Crippen LogP contribution in [0.4, 0.5) is 11.4 Å². The van der Waals surface area contributed by atoms with Crippen LogP contribution >= 0.6 is 11.6 Å². The molecule has 1 rings (SSSR count). The van der Waals surface area contributed by atoms with Crippen molar-refractivity contribution in [3.63, 3.8) is 0 Å². The maximum absolute atomic E-state index is 10.4. The van der Waals surface area contributed by atoms with E-state index in [1.807, 2.05) is 0 Å². The Hall–Kier alpha value is -1.04. The van der Waals surface area contributed by atoms with Crippen LogP contribution in [0.3, 0.4) is 0 Å². The molecule has 0 spiro atoms. The van der Waals surface area contributed by atoms with Gasteiger partial charge in [0.05, 0.1) is 15.6 Å². The van der Waals surface area contributed by atoms with Crippen LogP contribution in [-0.2, 0) is 0 Å². The van der Waals surface area contributed by atoms with E-state index in [2.05, 4.69) is 5.32 Å². The molecule has 0 aliphatic heterocycles. The second-order valence-corrected chi connectivity index (χ2v) is 3.40. The van der Waals surface area contributed by atoms with E-state index in [1.54, 1.807) is 6.07 Å². The Balaban J connectivity index is 0.00000225. The molecule has 1 aromatic rings. The highest BCUT2D eigenvalue weighted by Gasteiger charge is 2.08. The highest BCUT2D eigenvalue weighted by Crippen LogP contribution is 2.26. The molecule has 0 amide bonds. The Morgan fingerprint density at radius 3 is 2.69 bits per heavy atom. The number of rotatable bonds is 5. The van der Waals surface area contributed by atoms with E-state index in [0.717, 1.165) is 6.42 Å². The van der Waals surface area contributed by atoms with Crippen molar-refractivity contribution in [2.24, 2.45) is 5.73 Å². The minimum atomic E-state index is -0.477. The molecule has 0 unspecified atom stereocenters. The molecule has 0 atom stereocenters. The first kappa shape index (κ1) is 15.0. The third-order valence-corrected chi connectivity index (χ3v) is 2.17. The van der Waals surface area contributed by atoms with E-state index in [9.17, 15) is 10.1 Å². The molecule has 5 nitrogen and oxygen atoms in total. The lowest BCUT2D eigenvalue weighted by Gasteiger charge is -2.06. The highest BCUT2D eigenvalue weighted by atomic mass is 35.5. The van der Waals surface area contributed by atoms with Crippen molar-refractivity contribution < 1.29 is 17.3 Å². The summed E-state index contributed by atoms with van der Waals surface area (Å²) >= 11 is 5.85. The summed E-state index contributed by atoms with van der Waals surface area (Å²) in [4.78, 5) is 9.96. The summed E-state index contributed by atoms with van der Waals surface area (Å²) in [5.74, 6) is 0. The summed E-state index contributed by atoms with van der Waals surface area (Å²) in [5, 5.41) is 13.8. The number of nitro benzene ring substituents is 1. The average molecular weight is 265 g/mol. The molecule has 0 aliphatic carbocycles. The van der Waals surface area contributed by atoms with Gasteiger partial charge < -0.3 is 23.5 Å². The smallest absolute Gasteiger partial charge is 0.271 e. The number of nitro groups is 1. The quantitative estimate of drug-likeness (QED) is 0.407. The largest absolute Gasteiger partial charge is 1.00 e. The van der Waals surface area contributed by atoms with Gasteiger partial charge in [-0.05, 0) is 19.0 Å². The van der Waals surface area contributed by atoms with Crippen molar-refractivity contribution in [2.45, 2.75) is 6.42 Å². The lowest BCUT2D eigenvalue weighted by molar-refractivity contribution is -0.384. The second-order valence-electron chi connectivity index (χ2n) is 2.99. The number of benzene rings is 1. The number of nitrogens with zero attached hydrogens (tertiary/aromatic N) is 1. The molecule has 3 N–H and O–H groups in total. The first-order valence-electron chi connectivity index (χ1n) is 4.53. The number of halogens is 2. The Morgan fingerprint density at radius 1 is 1.50 bits per heavy atom. The van der Waals surface area contributed by atoms with Gasteiger partial charge in [0.1, 0.15) is 0 Å². The predicted octanol–water partition coefficient (Wildman–Crippen LogP) is -0.987. The molecular formula is C9H12Cl2N3O2-. The van der Waals surface area contributed by atoms with Crippen LogP contribution in [0.2, 0.25) is 5.02 Å². The Labute approximate surface area is 105 Å². The van der Waals surface area contributed by atoms with Gasteiger partial charge >= 0.3 is 0 Å². The summed E-state index contributed by atoms with van der Waals surface area (Å²) in [6.07, 6.45) is 0.827.